The Morgan fingerprint density at radius 2 is 1.74 bits per heavy atom. The fourth-order valence-corrected chi connectivity index (χ4v) is 4.03. The zero-order valence-corrected chi connectivity index (χ0v) is 19.0. The molecule has 4 rings (SSSR count). The van der Waals surface area contributed by atoms with E-state index in [1.54, 1.807) is 60.9 Å². The Morgan fingerprint density at radius 3 is 2.41 bits per heavy atom. The molecule has 1 saturated heterocycles. The first-order valence-electron chi connectivity index (χ1n) is 10.5. The van der Waals surface area contributed by atoms with Crippen molar-refractivity contribution in [1.82, 2.24) is 9.88 Å². The number of methoxy groups -OCH3 is 3. The van der Waals surface area contributed by atoms with E-state index in [1.165, 1.54) is 26.2 Å². The predicted molar refractivity (Wildman–Crippen MR) is 125 cm³/mol. The van der Waals surface area contributed by atoms with Gasteiger partial charge in [0.05, 0.1) is 38.5 Å². The molecule has 2 heterocycles. The number of likely N-dealkylation sites (tertiary alicyclic amines) is 1. The van der Waals surface area contributed by atoms with Gasteiger partial charge in [0.25, 0.3) is 11.7 Å². The first-order valence-corrected chi connectivity index (χ1v) is 10.5. The summed E-state index contributed by atoms with van der Waals surface area (Å²) in [6.45, 7) is 0.136. The molecule has 1 atom stereocenters. The minimum Gasteiger partial charge on any atom is -0.507 e. The third kappa shape index (κ3) is 4.17. The molecule has 1 aliphatic heterocycles. The molecule has 0 bridgehead atoms. The lowest BCUT2D eigenvalue weighted by Gasteiger charge is -2.25. The summed E-state index contributed by atoms with van der Waals surface area (Å²) < 4.78 is 16.0. The van der Waals surface area contributed by atoms with E-state index in [9.17, 15) is 14.7 Å². The Morgan fingerprint density at radius 1 is 0.971 bits per heavy atom. The van der Waals surface area contributed by atoms with Crippen LogP contribution in [-0.2, 0) is 16.1 Å². The molecule has 3 aromatic rings. The van der Waals surface area contributed by atoms with Gasteiger partial charge in [-0.2, -0.15) is 0 Å². The van der Waals surface area contributed by atoms with Gasteiger partial charge in [0.2, 0.25) is 0 Å². The van der Waals surface area contributed by atoms with Gasteiger partial charge in [-0.3, -0.25) is 14.6 Å². The number of benzene rings is 2. The number of aromatic nitrogens is 1. The number of ketones is 1. The molecule has 0 saturated carbocycles. The molecule has 34 heavy (non-hydrogen) atoms. The second-order valence-electron chi connectivity index (χ2n) is 7.63. The summed E-state index contributed by atoms with van der Waals surface area (Å²) in [5.74, 6) is -0.446. The maximum absolute atomic E-state index is 13.3. The van der Waals surface area contributed by atoms with Crippen molar-refractivity contribution in [2.45, 2.75) is 12.6 Å². The number of aliphatic hydroxyl groups is 1. The summed E-state index contributed by atoms with van der Waals surface area (Å²) in [5, 5.41) is 11.3. The van der Waals surface area contributed by atoms with Crippen LogP contribution in [0.2, 0.25) is 0 Å². The lowest BCUT2D eigenvalue weighted by atomic mass is 9.94. The minimum absolute atomic E-state index is 0.0365. The van der Waals surface area contributed by atoms with Crippen LogP contribution in [-0.4, -0.2) is 48.0 Å². The lowest BCUT2D eigenvalue weighted by molar-refractivity contribution is -0.140. The highest BCUT2D eigenvalue weighted by Crippen LogP contribution is 2.42. The van der Waals surface area contributed by atoms with E-state index in [0.717, 1.165) is 5.56 Å². The van der Waals surface area contributed by atoms with E-state index in [0.29, 0.717) is 22.8 Å². The second-order valence-corrected chi connectivity index (χ2v) is 7.63. The number of ether oxygens (including phenoxy) is 3. The Kier molecular flexibility index (Phi) is 6.49. The number of pyridine rings is 1. The van der Waals surface area contributed by atoms with Gasteiger partial charge in [0.1, 0.15) is 23.0 Å². The molecule has 1 unspecified atom stereocenters. The van der Waals surface area contributed by atoms with E-state index in [4.69, 9.17) is 14.2 Å². The number of carbonyl (C=O) groups is 2. The molecule has 0 radical (unpaired) electrons. The molecule has 1 fully saturated rings. The highest BCUT2D eigenvalue weighted by molar-refractivity contribution is 6.46. The molecular formula is C26H24N2O6. The van der Waals surface area contributed by atoms with Crippen LogP contribution in [0.5, 0.6) is 17.2 Å². The molecule has 2 aromatic carbocycles. The van der Waals surface area contributed by atoms with Crippen LogP contribution in [0.15, 0.2) is 72.6 Å². The smallest absolute Gasteiger partial charge is 0.295 e. The highest BCUT2D eigenvalue weighted by Gasteiger charge is 2.46. The van der Waals surface area contributed by atoms with Crippen molar-refractivity contribution < 1.29 is 28.9 Å². The van der Waals surface area contributed by atoms with Crippen molar-refractivity contribution in [2.75, 3.05) is 21.3 Å². The van der Waals surface area contributed by atoms with Crippen LogP contribution >= 0.6 is 0 Å². The third-order valence-corrected chi connectivity index (χ3v) is 5.69. The van der Waals surface area contributed by atoms with Crippen LogP contribution in [0.1, 0.15) is 22.7 Å². The molecule has 174 valence electrons. The van der Waals surface area contributed by atoms with E-state index >= 15 is 0 Å². The molecule has 1 aliphatic rings. The second kappa shape index (κ2) is 9.66. The molecule has 1 amide bonds. The number of hydrogen-bond acceptors (Lipinski definition) is 7. The molecule has 8 heteroatoms. The van der Waals surface area contributed by atoms with Crippen LogP contribution < -0.4 is 14.2 Å². The van der Waals surface area contributed by atoms with Crippen LogP contribution in [0, 0.1) is 0 Å². The number of carbonyl (C=O) groups excluding carboxylic acids is 2. The standard InChI is InChI=1S/C26H24N2O6/c1-32-18-8-4-7-17(12-18)23-22(24(29)20-10-9-19(33-2)13-21(20)34-3)25(30)26(31)28(23)15-16-6-5-11-27-14-16/h4-14,23,29H,15H2,1-3H3/b24-22-. The zero-order chi connectivity index (χ0) is 24.2. The molecule has 0 aliphatic carbocycles. The van der Waals surface area contributed by atoms with Gasteiger partial charge < -0.3 is 24.2 Å². The lowest BCUT2D eigenvalue weighted by Crippen LogP contribution is -2.29. The minimum atomic E-state index is -0.845. The van der Waals surface area contributed by atoms with E-state index in [-0.39, 0.29) is 23.4 Å². The van der Waals surface area contributed by atoms with Gasteiger partial charge in [-0.1, -0.05) is 18.2 Å². The van der Waals surface area contributed by atoms with Gasteiger partial charge >= 0.3 is 0 Å². The number of hydrogen-bond donors (Lipinski definition) is 1. The van der Waals surface area contributed by atoms with Gasteiger partial charge in [0.15, 0.2) is 0 Å². The largest absolute Gasteiger partial charge is 0.507 e. The van der Waals surface area contributed by atoms with Crippen molar-refractivity contribution >= 4 is 17.4 Å². The van der Waals surface area contributed by atoms with Crippen molar-refractivity contribution in [3.05, 3.63) is 89.3 Å². The van der Waals surface area contributed by atoms with Gasteiger partial charge in [-0.05, 0) is 41.5 Å². The normalized spacial score (nSPS) is 17.0. The number of aliphatic hydroxyl groups excluding tert-OH is 1. The van der Waals surface area contributed by atoms with Crippen molar-refractivity contribution in [3.8, 4) is 17.2 Å². The van der Waals surface area contributed by atoms with Crippen LogP contribution in [0.3, 0.4) is 0 Å². The quantitative estimate of drug-likeness (QED) is 0.326. The predicted octanol–water partition coefficient (Wildman–Crippen LogP) is 3.73. The number of amides is 1. The van der Waals surface area contributed by atoms with Gasteiger partial charge in [-0.25, -0.2) is 0 Å². The number of nitrogens with zero attached hydrogens (tertiary/aromatic N) is 2. The first-order chi connectivity index (χ1) is 16.5. The maximum Gasteiger partial charge on any atom is 0.295 e. The molecule has 0 spiro atoms. The first kappa shape index (κ1) is 22.8. The van der Waals surface area contributed by atoms with Gasteiger partial charge in [-0.15, -0.1) is 0 Å². The van der Waals surface area contributed by atoms with Crippen molar-refractivity contribution in [3.63, 3.8) is 0 Å². The average molecular weight is 460 g/mol. The van der Waals surface area contributed by atoms with E-state index in [2.05, 4.69) is 4.98 Å². The van der Waals surface area contributed by atoms with Crippen LogP contribution in [0.25, 0.3) is 5.76 Å². The average Bonchev–Trinajstić information content (AvgIpc) is 3.13. The molecular weight excluding hydrogens is 436 g/mol. The van der Waals surface area contributed by atoms with Crippen molar-refractivity contribution in [2.24, 2.45) is 0 Å². The summed E-state index contributed by atoms with van der Waals surface area (Å²) in [5.41, 5.74) is 1.61. The third-order valence-electron chi connectivity index (χ3n) is 5.69. The monoisotopic (exact) mass is 460 g/mol. The van der Waals surface area contributed by atoms with Crippen LogP contribution in [0.4, 0.5) is 0 Å². The Labute approximate surface area is 197 Å². The van der Waals surface area contributed by atoms with E-state index < -0.39 is 17.7 Å². The zero-order valence-electron chi connectivity index (χ0n) is 19.0. The number of rotatable bonds is 7. The molecule has 8 nitrogen and oxygen atoms in total. The van der Waals surface area contributed by atoms with Crippen molar-refractivity contribution in [1.29, 1.82) is 0 Å². The molecule has 1 aromatic heterocycles. The number of Topliss-reactive ketones (excluding diaryl/α,β-unsaturated/α-hetero) is 1. The topological polar surface area (TPSA) is 98.2 Å². The Balaban J connectivity index is 1.90. The fourth-order valence-electron chi connectivity index (χ4n) is 4.03. The Bertz CT molecular complexity index is 1260. The van der Waals surface area contributed by atoms with E-state index in [1.807, 2.05) is 6.07 Å². The fraction of sp³-hybridized carbons (Fsp3) is 0.192. The highest BCUT2D eigenvalue weighted by atomic mass is 16.5. The summed E-state index contributed by atoms with van der Waals surface area (Å²) >= 11 is 0. The summed E-state index contributed by atoms with van der Waals surface area (Å²) in [7, 11) is 4.50. The molecule has 1 N–H and O–H groups in total. The summed E-state index contributed by atoms with van der Waals surface area (Å²) in [6, 6.07) is 14.6. The van der Waals surface area contributed by atoms with Gasteiger partial charge in [0, 0.05) is 25.0 Å². The Hall–Kier alpha value is -4.33. The summed E-state index contributed by atoms with van der Waals surface area (Å²) in [4.78, 5) is 32.0. The maximum atomic E-state index is 13.3. The SMILES string of the molecule is COc1cccc(C2/C(=C(/O)c3ccc(OC)cc3OC)C(=O)C(=O)N2Cc2cccnc2)c1. The summed E-state index contributed by atoms with van der Waals surface area (Å²) in [6.07, 6.45) is 3.27.